The van der Waals surface area contributed by atoms with E-state index in [1.807, 2.05) is 16.9 Å². The molecule has 0 N–H and O–H groups in total. The molecule has 1 aliphatic rings. The van der Waals surface area contributed by atoms with Crippen molar-refractivity contribution < 1.29 is 9.13 Å². The lowest BCUT2D eigenvalue weighted by atomic mass is 10.1. The number of hydrogen-bond acceptors (Lipinski definition) is 4. The standard InChI is InChI=1S/C22H23Cl2FN4O/c1-14(21-19(23)3-4-20(25)22(21)24)30-18-9-15(10-26-12-18)16-11-27-29(13-16)17-5-7-28(2)8-6-17/h3-4,9-14,17H,5-8H2,1-2H3/t14-/m1/s1. The molecule has 1 fully saturated rings. The number of likely N-dealkylation sites (tertiary alicyclic amines) is 1. The van der Waals surface area contributed by atoms with Crippen LogP contribution in [-0.4, -0.2) is 39.8 Å². The van der Waals surface area contributed by atoms with E-state index in [0.29, 0.717) is 22.4 Å². The van der Waals surface area contributed by atoms with Gasteiger partial charge in [-0.1, -0.05) is 23.2 Å². The van der Waals surface area contributed by atoms with Gasteiger partial charge in [0.25, 0.3) is 0 Å². The monoisotopic (exact) mass is 448 g/mol. The zero-order valence-electron chi connectivity index (χ0n) is 16.9. The average molecular weight is 449 g/mol. The number of piperidine rings is 1. The highest BCUT2D eigenvalue weighted by Crippen LogP contribution is 2.35. The largest absolute Gasteiger partial charge is 0.484 e. The molecule has 2 aromatic heterocycles. The Labute approximate surface area is 185 Å². The van der Waals surface area contributed by atoms with E-state index in [2.05, 4.69) is 28.2 Å². The lowest BCUT2D eigenvalue weighted by Gasteiger charge is -2.28. The number of rotatable bonds is 5. The highest BCUT2D eigenvalue weighted by atomic mass is 35.5. The van der Waals surface area contributed by atoms with Gasteiger partial charge in [-0.3, -0.25) is 9.67 Å². The number of benzene rings is 1. The van der Waals surface area contributed by atoms with Crippen LogP contribution < -0.4 is 4.74 Å². The van der Waals surface area contributed by atoms with E-state index < -0.39 is 11.9 Å². The molecular formula is C22H23Cl2FN4O. The normalized spacial score (nSPS) is 16.6. The summed E-state index contributed by atoms with van der Waals surface area (Å²) in [5, 5.41) is 4.89. The molecule has 0 radical (unpaired) electrons. The number of halogens is 3. The van der Waals surface area contributed by atoms with E-state index in [1.165, 1.54) is 12.1 Å². The minimum atomic E-state index is -0.542. The van der Waals surface area contributed by atoms with E-state index in [9.17, 15) is 4.39 Å². The van der Waals surface area contributed by atoms with Crippen molar-refractivity contribution >= 4 is 23.2 Å². The first-order chi connectivity index (χ1) is 14.4. The summed E-state index contributed by atoms with van der Waals surface area (Å²) in [6.45, 7) is 3.93. The summed E-state index contributed by atoms with van der Waals surface area (Å²) in [6.07, 6.45) is 8.93. The summed E-state index contributed by atoms with van der Waals surface area (Å²) < 4.78 is 21.9. The molecule has 0 spiro atoms. The second kappa shape index (κ2) is 8.92. The fourth-order valence-electron chi connectivity index (χ4n) is 3.77. The van der Waals surface area contributed by atoms with Gasteiger partial charge in [0, 0.05) is 34.1 Å². The first-order valence-electron chi connectivity index (χ1n) is 9.90. The van der Waals surface area contributed by atoms with Crippen LogP contribution in [0, 0.1) is 5.82 Å². The lowest BCUT2D eigenvalue weighted by molar-refractivity contribution is 0.212. The maximum Gasteiger partial charge on any atom is 0.142 e. The summed E-state index contributed by atoms with van der Waals surface area (Å²) in [7, 11) is 2.15. The molecule has 0 bridgehead atoms. The van der Waals surface area contributed by atoms with Crippen molar-refractivity contribution in [1.29, 1.82) is 0 Å². The fraction of sp³-hybridized carbons (Fsp3) is 0.364. The lowest BCUT2D eigenvalue weighted by Crippen LogP contribution is -2.31. The van der Waals surface area contributed by atoms with Gasteiger partial charge in [-0.05, 0) is 58.1 Å². The van der Waals surface area contributed by atoms with Gasteiger partial charge < -0.3 is 9.64 Å². The fourth-order valence-corrected chi connectivity index (χ4v) is 4.44. The van der Waals surface area contributed by atoms with Crippen molar-refractivity contribution in [3.05, 3.63) is 64.4 Å². The summed E-state index contributed by atoms with van der Waals surface area (Å²) in [5.41, 5.74) is 2.29. The predicted molar refractivity (Wildman–Crippen MR) is 117 cm³/mol. The van der Waals surface area contributed by atoms with Crippen LogP contribution >= 0.6 is 23.2 Å². The second-order valence-corrected chi connectivity index (χ2v) is 8.45. The molecule has 1 aromatic carbocycles. The molecule has 8 heteroatoms. The van der Waals surface area contributed by atoms with E-state index in [4.69, 9.17) is 27.9 Å². The van der Waals surface area contributed by atoms with Crippen molar-refractivity contribution in [2.75, 3.05) is 20.1 Å². The van der Waals surface area contributed by atoms with Crippen molar-refractivity contribution in [3.63, 3.8) is 0 Å². The van der Waals surface area contributed by atoms with Crippen LogP contribution in [0.5, 0.6) is 5.75 Å². The molecule has 5 nitrogen and oxygen atoms in total. The molecule has 1 aliphatic heterocycles. The van der Waals surface area contributed by atoms with Crippen LogP contribution in [0.1, 0.15) is 37.5 Å². The third-order valence-electron chi connectivity index (χ3n) is 5.51. The van der Waals surface area contributed by atoms with Crippen molar-refractivity contribution in [3.8, 4) is 16.9 Å². The Morgan fingerprint density at radius 3 is 2.67 bits per heavy atom. The van der Waals surface area contributed by atoms with Crippen LogP contribution in [0.2, 0.25) is 10.0 Å². The number of hydrogen-bond donors (Lipinski definition) is 0. The summed E-state index contributed by atoms with van der Waals surface area (Å²) in [5.74, 6) is 0.0168. The van der Waals surface area contributed by atoms with Gasteiger partial charge in [-0.15, -0.1) is 0 Å². The Balaban J connectivity index is 1.52. The Morgan fingerprint density at radius 1 is 1.13 bits per heavy atom. The van der Waals surface area contributed by atoms with Crippen LogP contribution in [0.15, 0.2) is 43.0 Å². The Hall–Kier alpha value is -2.15. The van der Waals surface area contributed by atoms with Gasteiger partial charge >= 0.3 is 0 Å². The Morgan fingerprint density at radius 2 is 1.90 bits per heavy atom. The van der Waals surface area contributed by atoms with Crippen molar-refractivity contribution in [2.45, 2.75) is 31.9 Å². The quantitative estimate of drug-likeness (QED) is 0.462. The number of nitrogens with zero attached hydrogens (tertiary/aromatic N) is 4. The van der Waals surface area contributed by atoms with Crippen LogP contribution in [0.4, 0.5) is 4.39 Å². The summed E-state index contributed by atoms with van der Waals surface area (Å²) in [4.78, 5) is 6.63. The zero-order valence-corrected chi connectivity index (χ0v) is 18.4. The van der Waals surface area contributed by atoms with Gasteiger partial charge in [0.15, 0.2) is 0 Å². The molecule has 0 saturated carbocycles. The van der Waals surface area contributed by atoms with Crippen molar-refractivity contribution in [2.24, 2.45) is 0 Å². The molecule has 0 aliphatic carbocycles. The number of aromatic nitrogens is 3. The molecule has 3 heterocycles. The molecule has 30 heavy (non-hydrogen) atoms. The zero-order chi connectivity index (χ0) is 21.3. The van der Waals surface area contributed by atoms with Crippen LogP contribution in [0.3, 0.4) is 0 Å². The third kappa shape index (κ3) is 4.46. The Kier molecular flexibility index (Phi) is 6.27. The van der Waals surface area contributed by atoms with E-state index in [-0.39, 0.29) is 5.02 Å². The van der Waals surface area contributed by atoms with E-state index in [0.717, 1.165) is 37.1 Å². The number of ether oxygens (including phenoxy) is 1. The van der Waals surface area contributed by atoms with Gasteiger partial charge in [-0.2, -0.15) is 5.10 Å². The predicted octanol–water partition coefficient (Wildman–Crippen LogP) is 5.80. The molecule has 0 amide bonds. The smallest absolute Gasteiger partial charge is 0.142 e. The minimum absolute atomic E-state index is 0.0292. The molecule has 0 unspecified atom stereocenters. The van der Waals surface area contributed by atoms with Gasteiger partial charge in [0.1, 0.15) is 17.7 Å². The third-order valence-corrected chi connectivity index (χ3v) is 6.22. The highest BCUT2D eigenvalue weighted by Gasteiger charge is 2.20. The SMILES string of the molecule is C[C@@H](Oc1cncc(-c2cnn(C3CCN(C)CC3)c2)c1)c1c(Cl)ccc(F)c1Cl. The van der Waals surface area contributed by atoms with Gasteiger partial charge in [0.05, 0.1) is 23.5 Å². The average Bonchev–Trinajstić information content (AvgIpc) is 3.22. The first-order valence-corrected chi connectivity index (χ1v) is 10.7. The molecule has 3 aromatic rings. The van der Waals surface area contributed by atoms with Gasteiger partial charge in [-0.25, -0.2) is 4.39 Å². The minimum Gasteiger partial charge on any atom is -0.484 e. The summed E-state index contributed by atoms with van der Waals surface area (Å²) in [6, 6.07) is 5.02. The maximum atomic E-state index is 13.9. The molecular weight excluding hydrogens is 426 g/mol. The van der Waals surface area contributed by atoms with Gasteiger partial charge in [0.2, 0.25) is 0 Å². The summed E-state index contributed by atoms with van der Waals surface area (Å²) >= 11 is 12.3. The van der Waals surface area contributed by atoms with E-state index >= 15 is 0 Å². The molecule has 1 saturated heterocycles. The van der Waals surface area contributed by atoms with E-state index in [1.54, 1.807) is 19.3 Å². The second-order valence-electron chi connectivity index (χ2n) is 7.67. The molecule has 4 rings (SSSR count). The van der Waals surface area contributed by atoms with Crippen LogP contribution in [0.25, 0.3) is 11.1 Å². The van der Waals surface area contributed by atoms with Crippen LogP contribution in [-0.2, 0) is 0 Å². The first kappa shape index (κ1) is 21.1. The van der Waals surface area contributed by atoms with Crippen molar-refractivity contribution in [1.82, 2.24) is 19.7 Å². The molecule has 158 valence electrons. The molecule has 1 atom stereocenters. The number of pyridine rings is 1. The maximum absolute atomic E-state index is 13.9. The highest BCUT2D eigenvalue weighted by molar-refractivity contribution is 6.36. The topological polar surface area (TPSA) is 43.2 Å². The Bertz CT molecular complexity index is 1030.